The maximum Gasteiger partial charge on any atom is 0.130 e. The molecular weight excluding hydrogens is 290 g/mol. The molecule has 2 aromatic rings. The van der Waals surface area contributed by atoms with Crippen molar-refractivity contribution in [2.24, 2.45) is 0 Å². The van der Waals surface area contributed by atoms with Gasteiger partial charge in [0.05, 0.1) is 5.69 Å². The first-order chi connectivity index (χ1) is 8.56. The van der Waals surface area contributed by atoms with Crippen molar-refractivity contribution in [3.05, 3.63) is 46.6 Å². The number of hydrogen-bond acceptors (Lipinski definition) is 3. The third-order valence-electron chi connectivity index (χ3n) is 2.66. The molecule has 3 nitrogen and oxygen atoms in total. The van der Waals surface area contributed by atoms with Crippen LogP contribution < -0.4 is 10.2 Å². The SMILES string of the molecule is Cc1nc(Nc2cccc(N(C)C)c2)ccc1Br. The molecule has 0 aliphatic heterocycles. The molecule has 0 unspecified atom stereocenters. The summed E-state index contributed by atoms with van der Waals surface area (Å²) in [6, 6.07) is 12.2. The molecule has 0 amide bonds. The van der Waals surface area contributed by atoms with Gasteiger partial charge in [0.2, 0.25) is 0 Å². The molecule has 0 bridgehead atoms. The number of nitrogens with one attached hydrogen (secondary N) is 1. The summed E-state index contributed by atoms with van der Waals surface area (Å²) in [5.41, 5.74) is 3.17. The summed E-state index contributed by atoms with van der Waals surface area (Å²) in [5.74, 6) is 0.853. The van der Waals surface area contributed by atoms with Crippen LogP contribution in [-0.2, 0) is 0 Å². The van der Waals surface area contributed by atoms with Crippen LogP contribution in [0.15, 0.2) is 40.9 Å². The van der Waals surface area contributed by atoms with Gasteiger partial charge in [0.1, 0.15) is 5.82 Å². The van der Waals surface area contributed by atoms with Gasteiger partial charge in [-0.15, -0.1) is 0 Å². The van der Waals surface area contributed by atoms with E-state index in [9.17, 15) is 0 Å². The zero-order chi connectivity index (χ0) is 13.1. The van der Waals surface area contributed by atoms with E-state index in [1.54, 1.807) is 0 Å². The lowest BCUT2D eigenvalue weighted by Crippen LogP contribution is -2.08. The Morgan fingerprint density at radius 3 is 2.61 bits per heavy atom. The van der Waals surface area contributed by atoms with E-state index >= 15 is 0 Å². The van der Waals surface area contributed by atoms with Gasteiger partial charge in [-0.25, -0.2) is 4.98 Å². The van der Waals surface area contributed by atoms with Crippen molar-refractivity contribution in [2.45, 2.75) is 6.92 Å². The first-order valence-corrected chi connectivity index (χ1v) is 6.53. The number of nitrogens with zero attached hydrogens (tertiary/aromatic N) is 2. The van der Waals surface area contributed by atoms with Crippen molar-refractivity contribution in [1.82, 2.24) is 4.98 Å². The summed E-state index contributed by atoms with van der Waals surface area (Å²) in [4.78, 5) is 6.55. The Morgan fingerprint density at radius 1 is 1.17 bits per heavy atom. The van der Waals surface area contributed by atoms with E-state index in [-0.39, 0.29) is 0 Å². The zero-order valence-corrected chi connectivity index (χ0v) is 12.3. The molecule has 1 aromatic heterocycles. The summed E-state index contributed by atoms with van der Waals surface area (Å²) in [7, 11) is 4.06. The lowest BCUT2D eigenvalue weighted by Gasteiger charge is -2.14. The van der Waals surface area contributed by atoms with Gasteiger partial charge in [0, 0.05) is 29.9 Å². The topological polar surface area (TPSA) is 28.2 Å². The quantitative estimate of drug-likeness (QED) is 0.930. The van der Waals surface area contributed by atoms with Gasteiger partial charge in [-0.2, -0.15) is 0 Å². The molecule has 2 rings (SSSR count). The standard InChI is InChI=1S/C14H16BrN3/c1-10-13(15)7-8-14(16-10)17-11-5-4-6-12(9-11)18(2)3/h4-9H,1-3H3,(H,16,17). The number of aromatic nitrogens is 1. The molecule has 0 radical (unpaired) electrons. The average Bonchev–Trinajstić information content (AvgIpc) is 2.34. The van der Waals surface area contributed by atoms with Crippen molar-refractivity contribution in [2.75, 3.05) is 24.3 Å². The fraction of sp³-hybridized carbons (Fsp3) is 0.214. The first-order valence-electron chi connectivity index (χ1n) is 5.74. The van der Waals surface area contributed by atoms with Crippen molar-refractivity contribution in [1.29, 1.82) is 0 Å². The molecule has 1 N–H and O–H groups in total. The maximum absolute atomic E-state index is 4.47. The number of rotatable bonds is 3. The second kappa shape index (κ2) is 5.40. The Labute approximate surface area is 116 Å². The molecule has 94 valence electrons. The van der Waals surface area contributed by atoms with E-state index in [2.05, 4.69) is 43.3 Å². The van der Waals surface area contributed by atoms with Gasteiger partial charge in [-0.1, -0.05) is 6.07 Å². The van der Waals surface area contributed by atoms with E-state index in [0.29, 0.717) is 0 Å². The van der Waals surface area contributed by atoms with Gasteiger partial charge >= 0.3 is 0 Å². The van der Waals surface area contributed by atoms with Gasteiger partial charge in [-0.05, 0) is 53.2 Å². The summed E-state index contributed by atoms with van der Waals surface area (Å²) in [5, 5.41) is 3.31. The minimum atomic E-state index is 0.853. The highest BCUT2D eigenvalue weighted by Gasteiger charge is 2.01. The van der Waals surface area contributed by atoms with Crippen LogP contribution in [0, 0.1) is 6.92 Å². The van der Waals surface area contributed by atoms with Gasteiger partial charge in [0.25, 0.3) is 0 Å². The van der Waals surface area contributed by atoms with Gasteiger partial charge in [0.15, 0.2) is 0 Å². The van der Waals surface area contributed by atoms with Crippen LogP contribution in [0.5, 0.6) is 0 Å². The molecule has 1 heterocycles. The van der Waals surface area contributed by atoms with Crippen molar-refractivity contribution >= 4 is 33.1 Å². The fourth-order valence-corrected chi connectivity index (χ4v) is 1.84. The minimum absolute atomic E-state index is 0.853. The third-order valence-corrected chi connectivity index (χ3v) is 3.49. The highest BCUT2D eigenvalue weighted by Crippen LogP contribution is 2.22. The van der Waals surface area contributed by atoms with E-state index in [4.69, 9.17) is 0 Å². The molecule has 0 atom stereocenters. The zero-order valence-electron chi connectivity index (χ0n) is 10.7. The molecule has 0 fully saturated rings. The highest BCUT2D eigenvalue weighted by molar-refractivity contribution is 9.10. The van der Waals surface area contributed by atoms with Crippen LogP contribution in [0.2, 0.25) is 0 Å². The lowest BCUT2D eigenvalue weighted by molar-refractivity contribution is 1.13. The van der Waals surface area contributed by atoms with Crippen molar-refractivity contribution in [3.63, 3.8) is 0 Å². The number of hydrogen-bond donors (Lipinski definition) is 1. The molecule has 0 saturated heterocycles. The van der Waals surface area contributed by atoms with Crippen LogP contribution >= 0.6 is 15.9 Å². The molecule has 0 aliphatic carbocycles. The molecular formula is C14H16BrN3. The summed E-state index contributed by atoms with van der Waals surface area (Å²) < 4.78 is 1.02. The summed E-state index contributed by atoms with van der Waals surface area (Å²) in [6.45, 7) is 1.98. The van der Waals surface area contributed by atoms with E-state index in [1.807, 2.05) is 45.3 Å². The monoisotopic (exact) mass is 305 g/mol. The molecule has 0 aliphatic rings. The van der Waals surface area contributed by atoms with Crippen LogP contribution in [0.1, 0.15) is 5.69 Å². The Kier molecular flexibility index (Phi) is 3.87. The van der Waals surface area contributed by atoms with E-state index < -0.39 is 0 Å². The Hall–Kier alpha value is -1.55. The van der Waals surface area contributed by atoms with E-state index in [0.717, 1.165) is 27.4 Å². The third kappa shape index (κ3) is 3.01. The molecule has 0 saturated carbocycles. The summed E-state index contributed by atoms with van der Waals surface area (Å²) in [6.07, 6.45) is 0. The molecule has 4 heteroatoms. The smallest absolute Gasteiger partial charge is 0.130 e. The fourth-order valence-electron chi connectivity index (χ4n) is 1.62. The molecule has 18 heavy (non-hydrogen) atoms. The predicted octanol–water partition coefficient (Wildman–Crippen LogP) is 3.96. The number of aryl methyl sites for hydroxylation is 1. The molecule has 0 spiro atoms. The second-order valence-electron chi connectivity index (χ2n) is 4.33. The lowest BCUT2D eigenvalue weighted by atomic mass is 10.2. The van der Waals surface area contributed by atoms with Gasteiger partial charge in [-0.3, -0.25) is 0 Å². The average molecular weight is 306 g/mol. The number of benzene rings is 1. The Morgan fingerprint density at radius 2 is 1.94 bits per heavy atom. The van der Waals surface area contributed by atoms with Crippen LogP contribution in [-0.4, -0.2) is 19.1 Å². The minimum Gasteiger partial charge on any atom is -0.378 e. The van der Waals surface area contributed by atoms with E-state index in [1.165, 1.54) is 0 Å². The normalized spacial score (nSPS) is 10.2. The molecule has 1 aromatic carbocycles. The number of halogens is 1. The Balaban J connectivity index is 2.23. The predicted molar refractivity (Wildman–Crippen MR) is 80.7 cm³/mol. The first kappa shape index (κ1) is 12.9. The van der Waals surface area contributed by atoms with Crippen LogP contribution in [0.4, 0.5) is 17.2 Å². The van der Waals surface area contributed by atoms with Crippen LogP contribution in [0.25, 0.3) is 0 Å². The van der Waals surface area contributed by atoms with Crippen LogP contribution in [0.3, 0.4) is 0 Å². The number of pyridine rings is 1. The van der Waals surface area contributed by atoms with Crippen molar-refractivity contribution < 1.29 is 0 Å². The largest absolute Gasteiger partial charge is 0.378 e. The van der Waals surface area contributed by atoms with Crippen molar-refractivity contribution in [3.8, 4) is 0 Å². The number of anilines is 3. The van der Waals surface area contributed by atoms with Gasteiger partial charge < -0.3 is 10.2 Å². The maximum atomic E-state index is 4.47. The summed E-state index contributed by atoms with van der Waals surface area (Å²) >= 11 is 3.45. The highest BCUT2D eigenvalue weighted by atomic mass is 79.9. The Bertz CT molecular complexity index is 552. The second-order valence-corrected chi connectivity index (χ2v) is 5.19.